The highest BCUT2D eigenvalue weighted by atomic mass is 32.2. The summed E-state index contributed by atoms with van der Waals surface area (Å²) in [4.78, 5) is 28.2. The van der Waals surface area contributed by atoms with E-state index in [2.05, 4.69) is 5.32 Å². The van der Waals surface area contributed by atoms with E-state index >= 15 is 0 Å². The number of hydrogen-bond acceptors (Lipinski definition) is 5. The third-order valence-electron chi connectivity index (χ3n) is 6.26. The predicted octanol–water partition coefficient (Wildman–Crippen LogP) is 4.01. The Morgan fingerprint density at radius 1 is 0.947 bits per heavy atom. The van der Waals surface area contributed by atoms with Crippen molar-refractivity contribution < 1.29 is 22.7 Å². The Morgan fingerprint density at radius 2 is 1.63 bits per heavy atom. The first-order valence-electron chi connectivity index (χ1n) is 12.6. The highest BCUT2D eigenvalue weighted by Crippen LogP contribution is 2.28. The average Bonchev–Trinajstić information content (AvgIpc) is 2.94. The van der Waals surface area contributed by atoms with Gasteiger partial charge in [0.05, 0.1) is 17.7 Å². The van der Waals surface area contributed by atoms with Crippen LogP contribution >= 0.6 is 0 Å². The molecule has 8 nitrogen and oxygen atoms in total. The molecule has 0 radical (unpaired) electrons. The van der Waals surface area contributed by atoms with Crippen LogP contribution < -0.4 is 14.4 Å². The van der Waals surface area contributed by atoms with Gasteiger partial charge >= 0.3 is 0 Å². The summed E-state index contributed by atoms with van der Waals surface area (Å²) in [6, 6.07) is 21.5. The van der Waals surface area contributed by atoms with Crippen LogP contribution in [0.1, 0.15) is 31.9 Å². The molecule has 3 aromatic carbocycles. The lowest BCUT2D eigenvalue weighted by molar-refractivity contribution is -0.139. The van der Waals surface area contributed by atoms with E-state index in [1.165, 1.54) is 17.0 Å². The van der Waals surface area contributed by atoms with Gasteiger partial charge < -0.3 is 15.0 Å². The van der Waals surface area contributed by atoms with Gasteiger partial charge in [-0.3, -0.25) is 13.9 Å². The molecule has 1 atom stereocenters. The van der Waals surface area contributed by atoms with Crippen LogP contribution in [-0.2, 0) is 32.6 Å². The lowest BCUT2D eigenvalue weighted by atomic mass is 10.1. The van der Waals surface area contributed by atoms with Crippen molar-refractivity contribution in [2.24, 2.45) is 0 Å². The number of benzene rings is 3. The van der Waals surface area contributed by atoms with Crippen molar-refractivity contribution in [1.82, 2.24) is 10.2 Å². The molecule has 0 bridgehead atoms. The standard InChI is InChI=1S/C29H35N3O5S/c1-5-24-14-10-11-18-27(24)32(38(35,36)26-16-8-7-9-17-26)21-28(33)31(22(3)29(34)30-6-2)20-23-13-12-15-25(19-23)37-4/h7-19,22H,5-6,20-21H2,1-4H3,(H,30,34). The first-order chi connectivity index (χ1) is 18.2. The number of methoxy groups -OCH3 is 1. The molecule has 0 spiro atoms. The van der Waals surface area contributed by atoms with Gasteiger partial charge in [-0.1, -0.05) is 55.5 Å². The van der Waals surface area contributed by atoms with Gasteiger partial charge in [0.25, 0.3) is 10.0 Å². The van der Waals surface area contributed by atoms with Crippen molar-refractivity contribution in [3.05, 3.63) is 90.0 Å². The number of amides is 2. The van der Waals surface area contributed by atoms with Gasteiger partial charge in [0.2, 0.25) is 11.8 Å². The minimum Gasteiger partial charge on any atom is -0.497 e. The Labute approximate surface area is 225 Å². The molecule has 0 aromatic heterocycles. The second-order valence-corrected chi connectivity index (χ2v) is 10.6. The quantitative estimate of drug-likeness (QED) is 0.377. The number of ether oxygens (including phenoxy) is 1. The molecular weight excluding hydrogens is 502 g/mol. The molecule has 1 unspecified atom stereocenters. The second kappa shape index (κ2) is 13.1. The number of para-hydroxylation sites is 1. The van der Waals surface area contributed by atoms with Crippen LogP contribution in [0.3, 0.4) is 0 Å². The molecule has 0 heterocycles. The van der Waals surface area contributed by atoms with Gasteiger partial charge in [0.15, 0.2) is 0 Å². The summed E-state index contributed by atoms with van der Waals surface area (Å²) < 4.78 is 34.2. The molecule has 38 heavy (non-hydrogen) atoms. The third kappa shape index (κ3) is 6.72. The molecule has 0 aliphatic carbocycles. The molecule has 202 valence electrons. The maximum absolute atomic E-state index is 13.9. The number of likely N-dealkylation sites (N-methyl/N-ethyl adjacent to an activating group) is 1. The lowest BCUT2D eigenvalue weighted by Crippen LogP contribution is -2.51. The van der Waals surface area contributed by atoms with Gasteiger partial charge in [0, 0.05) is 13.1 Å². The SMILES string of the molecule is CCNC(=O)C(C)N(Cc1cccc(OC)c1)C(=O)CN(c1ccccc1CC)S(=O)(=O)c1ccccc1. The van der Waals surface area contributed by atoms with Crippen molar-refractivity contribution in [2.45, 2.75) is 44.7 Å². The van der Waals surface area contributed by atoms with E-state index in [-0.39, 0.29) is 17.3 Å². The van der Waals surface area contributed by atoms with Crippen molar-refractivity contribution in [2.75, 3.05) is 24.5 Å². The summed E-state index contributed by atoms with van der Waals surface area (Å²) in [5.41, 5.74) is 1.97. The molecule has 3 rings (SSSR count). The van der Waals surface area contributed by atoms with E-state index in [9.17, 15) is 18.0 Å². The van der Waals surface area contributed by atoms with Crippen molar-refractivity contribution >= 4 is 27.5 Å². The van der Waals surface area contributed by atoms with E-state index < -0.39 is 28.5 Å². The van der Waals surface area contributed by atoms with Crippen molar-refractivity contribution in [1.29, 1.82) is 0 Å². The van der Waals surface area contributed by atoms with Gasteiger partial charge in [-0.2, -0.15) is 0 Å². The van der Waals surface area contributed by atoms with Gasteiger partial charge in [-0.15, -0.1) is 0 Å². The fourth-order valence-electron chi connectivity index (χ4n) is 4.16. The lowest BCUT2D eigenvalue weighted by Gasteiger charge is -2.32. The van der Waals surface area contributed by atoms with Gasteiger partial charge in [-0.25, -0.2) is 8.42 Å². The topological polar surface area (TPSA) is 96.0 Å². The zero-order valence-corrected chi connectivity index (χ0v) is 23.1. The van der Waals surface area contributed by atoms with E-state index in [1.807, 2.05) is 25.1 Å². The third-order valence-corrected chi connectivity index (χ3v) is 8.03. The Morgan fingerprint density at radius 3 is 2.29 bits per heavy atom. The molecule has 1 N–H and O–H groups in total. The average molecular weight is 538 g/mol. The molecule has 0 saturated carbocycles. The fourth-order valence-corrected chi connectivity index (χ4v) is 5.63. The van der Waals surface area contributed by atoms with E-state index in [1.54, 1.807) is 69.5 Å². The zero-order valence-electron chi connectivity index (χ0n) is 22.3. The molecule has 0 aliphatic heterocycles. The van der Waals surface area contributed by atoms with Crippen LogP contribution in [0, 0.1) is 0 Å². The Bertz CT molecular complexity index is 1350. The minimum absolute atomic E-state index is 0.0785. The van der Waals surface area contributed by atoms with E-state index in [4.69, 9.17) is 4.74 Å². The molecule has 9 heteroatoms. The Hall–Kier alpha value is -3.85. The summed E-state index contributed by atoms with van der Waals surface area (Å²) in [6.45, 7) is 5.40. The predicted molar refractivity (Wildman–Crippen MR) is 148 cm³/mol. The molecule has 0 aliphatic rings. The normalized spacial score (nSPS) is 11.9. The summed E-state index contributed by atoms with van der Waals surface area (Å²) in [7, 11) is -2.54. The summed E-state index contributed by atoms with van der Waals surface area (Å²) in [5.74, 6) is -0.210. The molecular formula is C29H35N3O5S. The maximum atomic E-state index is 13.9. The number of nitrogens with zero attached hydrogens (tertiary/aromatic N) is 2. The van der Waals surface area contributed by atoms with Crippen LogP contribution in [0.5, 0.6) is 5.75 Å². The number of hydrogen-bond donors (Lipinski definition) is 1. The molecule has 2 amide bonds. The number of rotatable bonds is 12. The number of carbonyl (C=O) groups excluding carboxylic acids is 2. The number of anilines is 1. The number of nitrogens with one attached hydrogen (secondary N) is 1. The van der Waals surface area contributed by atoms with Crippen molar-refractivity contribution in [3.8, 4) is 5.75 Å². The van der Waals surface area contributed by atoms with Crippen LogP contribution in [0.4, 0.5) is 5.69 Å². The van der Waals surface area contributed by atoms with Crippen molar-refractivity contribution in [3.63, 3.8) is 0 Å². The first kappa shape index (κ1) is 28.7. The number of sulfonamides is 1. The zero-order chi connectivity index (χ0) is 27.7. The monoisotopic (exact) mass is 537 g/mol. The molecule has 0 saturated heterocycles. The highest BCUT2D eigenvalue weighted by molar-refractivity contribution is 7.92. The summed E-state index contributed by atoms with van der Waals surface area (Å²) in [5, 5.41) is 2.76. The smallest absolute Gasteiger partial charge is 0.264 e. The van der Waals surface area contributed by atoms with Crippen LogP contribution in [0.25, 0.3) is 0 Å². The Balaban J connectivity index is 2.06. The second-order valence-electron chi connectivity index (χ2n) is 8.75. The van der Waals surface area contributed by atoms with E-state index in [0.717, 1.165) is 15.4 Å². The first-order valence-corrected chi connectivity index (χ1v) is 14.0. The van der Waals surface area contributed by atoms with Crippen LogP contribution in [-0.4, -0.2) is 51.4 Å². The largest absolute Gasteiger partial charge is 0.497 e. The Kier molecular flexibility index (Phi) is 9.90. The molecule has 3 aromatic rings. The number of carbonyl (C=O) groups is 2. The fraction of sp³-hybridized carbons (Fsp3) is 0.310. The van der Waals surface area contributed by atoms with Crippen LogP contribution in [0.2, 0.25) is 0 Å². The maximum Gasteiger partial charge on any atom is 0.264 e. The van der Waals surface area contributed by atoms with E-state index in [0.29, 0.717) is 24.4 Å². The highest BCUT2D eigenvalue weighted by Gasteiger charge is 2.33. The summed E-state index contributed by atoms with van der Waals surface area (Å²) in [6.07, 6.45) is 0.577. The summed E-state index contributed by atoms with van der Waals surface area (Å²) >= 11 is 0. The van der Waals surface area contributed by atoms with Crippen LogP contribution in [0.15, 0.2) is 83.8 Å². The molecule has 0 fully saturated rings. The van der Waals surface area contributed by atoms with Gasteiger partial charge in [-0.05, 0) is 61.7 Å². The number of aryl methyl sites for hydroxylation is 1. The van der Waals surface area contributed by atoms with Gasteiger partial charge in [0.1, 0.15) is 18.3 Å². The minimum atomic E-state index is -4.09.